The highest BCUT2D eigenvalue weighted by Crippen LogP contribution is 2.35. The van der Waals surface area contributed by atoms with Crippen LogP contribution in [0, 0.1) is 0 Å². The third-order valence-corrected chi connectivity index (χ3v) is 5.92. The van der Waals surface area contributed by atoms with Crippen LogP contribution in [0.5, 0.6) is 11.5 Å². The molecule has 0 fully saturated rings. The number of phenolic OH excluding ortho intramolecular Hbond substituents is 1. The van der Waals surface area contributed by atoms with Crippen LogP contribution in [-0.2, 0) is 0 Å². The molecule has 0 aliphatic carbocycles. The molecule has 0 radical (unpaired) electrons. The number of para-hydroxylation sites is 1. The number of aromatic hydroxyl groups is 1. The summed E-state index contributed by atoms with van der Waals surface area (Å²) in [5.74, 6) is -1.05. The van der Waals surface area contributed by atoms with Crippen molar-refractivity contribution in [2.45, 2.75) is 27.7 Å². The minimum absolute atomic E-state index is 0.102. The predicted octanol–water partition coefficient (Wildman–Crippen LogP) is 5.53. The number of rotatable bonds is 10. The molecule has 0 aliphatic heterocycles. The van der Waals surface area contributed by atoms with Crippen molar-refractivity contribution in [3.8, 4) is 11.5 Å². The van der Waals surface area contributed by atoms with Crippen LogP contribution in [0.4, 0.5) is 11.4 Å². The van der Waals surface area contributed by atoms with Gasteiger partial charge in [-0.2, -0.15) is 0 Å². The fraction of sp³-hybridized carbons (Fsp3) is 0.286. The molecule has 6 nitrogen and oxygen atoms in total. The maximum Gasteiger partial charge on any atom is 0.348 e. The quantitative estimate of drug-likeness (QED) is 0.244. The molecule has 3 aromatic carbocycles. The maximum absolute atomic E-state index is 13.5. The zero-order chi connectivity index (χ0) is 24.7. The van der Waals surface area contributed by atoms with E-state index in [2.05, 4.69) is 18.7 Å². The number of ether oxygens (including phenoxy) is 1. The van der Waals surface area contributed by atoms with Crippen molar-refractivity contribution in [3.05, 3.63) is 83.4 Å². The third-order valence-electron chi connectivity index (χ3n) is 5.92. The Bertz CT molecular complexity index is 1120. The molecule has 0 aliphatic rings. The molecule has 0 aromatic heterocycles. The van der Waals surface area contributed by atoms with Crippen molar-refractivity contribution >= 4 is 23.1 Å². The molecular weight excluding hydrogens is 428 g/mol. The molecule has 1 N–H and O–H groups in total. The van der Waals surface area contributed by atoms with Gasteiger partial charge in [-0.1, -0.05) is 18.2 Å². The molecule has 0 heterocycles. The van der Waals surface area contributed by atoms with Gasteiger partial charge in [0, 0.05) is 43.0 Å². The first kappa shape index (κ1) is 24.8. The van der Waals surface area contributed by atoms with Crippen molar-refractivity contribution < 1.29 is 19.4 Å². The molecule has 3 rings (SSSR count). The Kier molecular flexibility index (Phi) is 8.30. The second kappa shape index (κ2) is 11.4. The molecule has 178 valence electrons. The summed E-state index contributed by atoms with van der Waals surface area (Å²) in [6, 6.07) is 19.2. The Morgan fingerprint density at radius 2 is 1.35 bits per heavy atom. The van der Waals surface area contributed by atoms with Crippen molar-refractivity contribution in [3.63, 3.8) is 0 Å². The van der Waals surface area contributed by atoms with Gasteiger partial charge in [0.2, 0.25) is 0 Å². The summed E-state index contributed by atoms with van der Waals surface area (Å²) in [7, 11) is 0. The standard InChI is InChI=1S/C28H32N2O4/c1-5-29(6-2)21-16-14-20(15-17-21)26(31)23-18-19-24(30(7-3)8-4)27(32)25(23)28(33)34-22-12-10-9-11-13-22/h9-19,32H,5-8H2,1-4H3. The van der Waals surface area contributed by atoms with Crippen molar-refractivity contribution in [2.75, 3.05) is 36.0 Å². The van der Waals surface area contributed by atoms with Gasteiger partial charge in [0.1, 0.15) is 11.3 Å². The summed E-state index contributed by atoms with van der Waals surface area (Å²) < 4.78 is 5.51. The molecule has 0 amide bonds. The van der Waals surface area contributed by atoms with Gasteiger partial charge in [-0.25, -0.2) is 4.79 Å². The minimum Gasteiger partial charge on any atom is -0.505 e. The van der Waals surface area contributed by atoms with Gasteiger partial charge < -0.3 is 19.6 Å². The zero-order valence-corrected chi connectivity index (χ0v) is 20.2. The van der Waals surface area contributed by atoms with Crippen LogP contribution in [0.2, 0.25) is 0 Å². The number of carbonyl (C=O) groups is 2. The summed E-state index contributed by atoms with van der Waals surface area (Å²) in [5.41, 5.74) is 1.90. The molecule has 0 spiro atoms. The number of hydrogen-bond donors (Lipinski definition) is 1. The Morgan fingerprint density at radius 1 is 0.765 bits per heavy atom. The normalized spacial score (nSPS) is 10.6. The fourth-order valence-corrected chi connectivity index (χ4v) is 4.01. The van der Waals surface area contributed by atoms with Crippen molar-refractivity contribution in [2.24, 2.45) is 0 Å². The fourth-order valence-electron chi connectivity index (χ4n) is 4.01. The number of phenols is 1. The van der Waals surface area contributed by atoms with E-state index < -0.39 is 5.97 Å². The number of nitrogens with zero attached hydrogens (tertiary/aromatic N) is 2. The lowest BCUT2D eigenvalue weighted by molar-refractivity contribution is 0.0727. The van der Waals surface area contributed by atoms with Gasteiger partial charge in [0.15, 0.2) is 11.5 Å². The number of anilines is 2. The summed E-state index contributed by atoms with van der Waals surface area (Å²) in [6.45, 7) is 11.1. The minimum atomic E-state index is -0.777. The van der Waals surface area contributed by atoms with Gasteiger partial charge in [0.25, 0.3) is 0 Å². The molecule has 0 saturated carbocycles. The number of esters is 1. The Hall–Kier alpha value is -3.80. The van der Waals surface area contributed by atoms with E-state index in [1.165, 1.54) is 0 Å². The van der Waals surface area contributed by atoms with E-state index in [1.807, 2.05) is 36.9 Å². The lowest BCUT2D eigenvalue weighted by Gasteiger charge is -2.24. The highest BCUT2D eigenvalue weighted by molar-refractivity contribution is 6.16. The first-order valence-corrected chi connectivity index (χ1v) is 11.7. The van der Waals surface area contributed by atoms with Crippen LogP contribution < -0.4 is 14.5 Å². The van der Waals surface area contributed by atoms with E-state index in [1.54, 1.807) is 48.5 Å². The van der Waals surface area contributed by atoms with Gasteiger partial charge in [-0.3, -0.25) is 4.79 Å². The predicted molar refractivity (Wildman–Crippen MR) is 137 cm³/mol. The van der Waals surface area contributed by atoms with Crippen LogP contribution in [0.25, 0.3) is 0 Å². The molecule has 0 bridgehead atoms. The van der Waals surface area contributed by atoms with E-state index in [0.29, 0.717) is 30.1 Å². The van der Waals surface area contributed by atoms with Crippen LogP contribution in [-0.4, -0.2) is 43.0 Å². The van der Waals surface area contributed by atoms with Gasteiger partial charge in [-0.05, 0) is 76.2 Å². The highest BCUT2D eigenvalue weighted by atomic mass is 16.5. The van der Waals surface area contributed by atoms with E-state index in [4.69, 9.17) is 4.74 Å². The number of benzene rings is 3. The van der Waals surface area contributed by atoms with Gasteiger partial charge >= 0.3 is 5.97 Å². The van der Waals surface area contributed by atoms with E-state index in [-0.39, 0.29) is 22.7 Å². The molecule has 0 saturated heterocycles. The maximum atomic E-state index is 13.5. The van der Waals surface area contributed by atoms with Gasteiger partial charge in [0.05, 0.1) is 5.69 Å². The van der Waals surface area contributed by atoms with E-state index >= 15 is 0 Å². The average molecular weight is 461 g/mol. The second-order valence-corrected chi connectivity index (χ2v) is 7.78. The summed E-state index contributed by atoms with van der Waals surface area (Å²) in [6.07, 6.45) is 0. The summed E-state index contributed by atoms with van der Waals surface area (Å²) >= 11 is 0. The Morgan fingerprint density at radius 3 is 1.91 bits per heavy atom. The lowest BCUT2D eigenvalue weighted by atomic mass is 9.96. The second-order valence-electron chi connectivity index (χ2n) is 7.78. The third kappa shape index (κ3) is 5.22. The van der Waals surface area contributed by atoms with Crippen molar-refractivity contribution in [1.29, 1.82) is 0 Å². The molecule has 0 unspecified atom stereocenters. The smallest absolute Gasteiger partial charge is 0.348 e. The average Bonchev–Trinajstić information content (AvgIpc) is 2.86. The topological polar surface area (TPSA) is 70.1 Å². The van der Waals surface area contributed by atoms with Crippen LogP contribution in [0.15, 0.2) is 66.7 Å². The number of carbonyl (C=O) groups excluding carboxylic acids is 2. The monoisotopic (exact) mass is 460 g/mol. The van der Waals surface area contributed by atoms with E-state index in [9.17, 15) is 14.7 Å². The molecule has 34 heavy (non-hydrogen) atoms. The number of hydrogen-bond acceptors (Lipinski definition) is 6. The van der Waals surface area contributed by atoms with Crippen LogP contribution in [0.3, 0.4) is 0 Å². The number of ketones is 1. The Balaban J connectivity index is 2.06. The summed E-state index contributed by atoms with van der Waals surface area (Å²) in [4.78, 5) is 30.8. The lowest BCUT2D eigenvalue weighted by Crippen LogP contribution is -2.24. The molecular formula is C28H32N2O4. The molecule has 3 aromatic rings. The van der Waals surface area contributed by atoms with Crippen LogP contribution >= 0.6 is 0 Å². The van der Waals surface area contributed by atoms with Crippen LogP contribution in [0.1, 0.15) is 54.0 Å². The van der Waals surface area contributed by atoms with E-state index in [0.717, 1.165) is 18.8 Å². The molecule has 0 atom stereocenters. The van der Waals surface area contributed by atoms with Crippen molar-refractivity contribution in [1.82, 2.24) is 0 Å². The summed E-state index contributed by atoms with van der Waals surface area (Å²) in [5, 5.41) is 11.1. The largest absolute Gasteiger partial charge is 0.505 e. The highest BCUT2D eigenvalue weighted by Gasteiger charge is 2.27. The first-order valence-electron chi connectivity index (χ1n) is 11.7. The first-order chi connectivity index (χ1) is 16.4. The molecule has 6 heteroatoms. The van der Waals surface area contributed by atoms with Gasteiger partial charge in [-0.15, -0.1) is 0 Å². The Labute approximate surface area is 201 Å². The zero-order valence-electron chi connectivity index (χ0n) is 20.2. The SMILES string of the molecule is CCN(CC)c1ccc(C(=O)c2ccc(N(CC)CC)c(O)c2C(=O)Oc2ccccc2)cc1.